The lowest BCUT2D eigenvalue weighted by atomic mass is 9.94. The maximum atomic E-state index is 12.2. The minimum Gasteiger partial charge on any atom is -0.466 e. The highest BCUT2D eigenvalue weighted by Gasteiger charge is 2.26. The first-order valence-electron chi connectivity index (χ1n) is 8.40. The number of hydrogen-bond donors (Lipinski definition) is 0. The van der Waals surface area contributed by atoms with Crippen LogP contribution >= 0.6 is 0 Å². The number of carbonyl (C=O) groups excluding carboxylic acids is 3. The third-order valence-electron chi connectivity index (χ3n) is 3.33. The average Bonchev–Trinajstić information content (AvgIpc) is 2.47. The van der Waals surface area contributed by atoms with Crippen LogP contribution in [0.25, 0.3) is 0 Å². The van der Waals surface area contributed by atoms with Crippen molar-refractivity contribution in [2.24, 2.45) is 5.92 Å². The van der Waals surface area contributed by atoms with Crippen LogP contribution in [0.15, 0.2) is 11.6 Å². The van der Waals surface area contributed by atoms with Gasteiger partial charge < -0.3 is 9.47 Å². The fourth-order valence-electron chi connectivity index (χ4n) is 2.18. The highest BCUT2D eigenvalue weighted by atomic mass is 16.5. The summed E-state index contributed by atoms with van der Waals surface area (Å²) in [4.78, 5) is 35.5. The van der Waals surface area contributed by atoms with E-state index >= 15 is 0 Å². The molecule has 0 fully saturated rings. The van der Waals surface area contributed by atoms with Crippen molar-refractivity contribution in [3.8, 4) is 0 Å². The van der Waals surface area contributed by atoms with E-state index in [0.29, 0.717) is 45.1 Å². The smallest absolute Gasteiger partial charge is 0.316 e. The fraction of sp³-hybridized carbons (Fsp3) is 0.722. The zero-order valence-corrected chi connectivity index (χ0v) is 14.9. The van der Waals surface area contributed by atoms with Crippen molar-refractivity contribution in [2.75, 3.05) is 13.2 Å². The van der Waals surface area contributed by atoms with Crippen LogP contribution in [0.1, 0.15) is 66.2 Å². The Bertz CT molecular complexity index is 408. The summed E-state index contributed by atoms with van der Waals surface area (Å²) < 4.78 is 9.86. The van der Waals surface area contributed by atoms with Gasteiger partial charge in [0.2, 0.25) is 0 Å². The number of hydrogen-bond acceptors (Lipinski definition) is 5. The number of rotatable bonds is 12. The Balaban J connectivity index is 4.40. The molecule has 0 aromatic rings. The molecule has 0 rings (SSSR count). The quantitative estimate of drug-likeness (QED) is 0.237. The molecule has 132 valence electrons. The van der Waals surface area contributed by atoms with Gasteiger partial charge in [0.1, 0.15) is 11.7 Å². The van der Waals surface area contributed by atoms with E-state index < -0.39 is 11.9 Å². The maximum absolute atomic E-state index is 12.2. The van der Waals surface area contributed by atoms with Crippen molar-refractivity contribution >= 4 is 17.7 Å². The van der Waals surface area contributed by atoms with E-state index in [1.807, 2.05) is 19.9 Å². The molecule has 0 bridgehead atoms. The van der Waals surface area contributed by atoms with E-state index in [2.05, 4.69) is 0 Å². The Morgan fingerprint density at radius 3 is 2.17 bits per heavy atom. The summed E-state index contributed by atoms with van der Waals surface area (Å²) >= 11 is 0. The summed E-state index contributed by atoms with van der Waals surface area (Å²) in [5.74, 6) is -1.50. The summed E-state index contributed by atoms with van der Waals surface area (Å²) in [5.41, 5.74) is 1.15. The second-order valence-electron chi connectivity index (χ2n) is 5.64. The number of Topliss-reactive ketones (excluding diaryl/α,β-unsaturated/α-hetero) is 1. The Morgan fingerprint density at radius 2 is 1.61 bits per heavy atom. The Labute approximate surface area is 139 Å². The van der Waals surface area contributed by atoms with Crippen LogP contribution in [0, 0.1) is 5.92 Å². The van der Waals surface area contributed by atoms with Crippen LogP contribution in [0.4, 0.5) is 0 Å². The lowest BCUT2D eigenvalue weighted by Crippen LogP contribution is -2.26. The van der Waals surface area contributed by atoms with Gasteiger partial charge in [0.15, 0.2) is 0 Å². The molecule has 0 radical (unpaired) electrons. The first-order chi connectivity index (χ1) is 10.9. The van der Waals surface area contributed by atoms with Crippen molar-refractivity contribution in [3.63, 3.8) is 0 Å². The largest absolute Gasteiger partial charge is 0.466 e. The van der Waals surface area contributed by atoms with Gasteiger partial charge in [-0.15, -0.1) is 0 Å². The van der Waals surface area contributed by atoms with Crippen molar-refractivity contribution in [1.82, 2.24) is 0 Å². The molecule has 0 aromatic heterocycles. The van der Waals surface area contributed by atoms with Crippen LogP contribution < -0.4 is 0 Å². The number of allylic oxidation sites excluding steroid dienone is 2. The van der Waals surface area contributed by atoms with Crippen molar-refractivity contribution in [1.29, 1.82) is 0 Å². The Kier molecular flexibility index (Phi) is 11.9. The minimum atomic E-state index is -0.720. The van der Waals surface area contributed by atoms with Gasteiger partial charge in [-0.1, -0.05) is 18.1 Å². The van der Waals surface area contributed by atoms with Crippen molar-refractivity contribution < 1.29 is 23.9 Å². The van der Waals surface area contributed by atoms with E-state index in [1.54, 1.807) is 13.8 Å². The van der Waals surface area contributed by atoms with Gasteiger partial charge in [0.05, 0.1) is 13.2 Å². The molecule has 0 saturated heterocycles. The lowest BCUT2D eigenvalue weighted by Gasteiger charge is -2.14. The summed E-state index contributed by atoms with van der Waals surface area (Å²) in [7, 11) is 0. The highest BCUT2D eigenvalue weighted by Crippen LogP contribution is 2.16. The van der Waals surface area contributed by atoms with Crippen LogP contribution in [0.3, 0.4) is 0 Å². The van der Waals surface area contributed by atoms with Crippen molar-refractivity contribution in [3.05, 3.63) is 11.6 Å². The molecule has 0 amide bonds. The first kappa shape index (κ1) is 21.4. The molecule has 0 N–H and O–H groups in total. The molecule has 0 heterocycles. The average molecular weight is 326 g/mol. The highest BCUT2D eigenvalue weighted by molar-refractivity contribution is 5.99. The van der Waals surface area contributed by atoms with Gasteiger partial charge in [-0.05, 0) is 47.0 Å². The van der Waals surface area contributed by atoms with E-state index in [4.69, 9.17) is 9.47 Å². The maximum Gasteiger partial charge on any atom is 0.316 e. The standard InChI is InChI=1S/C18H30O5/c1-5-22-17(20)13-8-7-11-15(18(21)23-6-2)16(19)12-9-10-14(3)4/h10,15H,5-9,11-13H2,1-4H3. The normalized spacial score (nSPS) is 11.5. The number of ether oxygens (including phenoxy) is 2. The predicted molar refractivity (Wildman–Crippen MR) is 88.9 cm³/mol. The number of unbranched alkanes of at least 4 members (excludes halogenated alkanes) is 1. The minimum absolute atomic E-state index is 0.0860. The summed E-state index contributed by atoms with van der Waals surface area (Å²) in [6.45, 7) is 8.07. The molecule has 23 heavy (non-hydrogen) atoms. The van der Waals surface area contributed by atoms with E-state index in [1.165, 1.54) is 0 Å². The lowest BCUT2D eigenvalue weighted by molar-refractivity contribution is -0.151. The predicted octanol–water partition coefficient (Wildman–Crippen LogP) is 3.60. The fourth-order valence-corrected chi connectivity index (χ4v) is 2.18. The van der Waals surface area contributed by atoms with Crippen LogP contribution in [0.5, 0.6) is 0 Å². The summed E-state index contributed by atoms with van der Waals surface area (Å²) in [6, 6.07) is 0. The molecule has 0 saturated carbocycles. The second-order valence-corrected chi connectivity index (χ2v) is 5.64. The third-order valence-corrected chi connectivity index (χ3v) is 3.33. The molecule has 0 aliphatic heterocycles. The molecule has 0 aliphatic carbocycles. The third kappa shape index (κ3) is 10.7. The molecule has 0 spiro atoms. The zero-order chi connectivity index (χ0) is 17.7. The molecule has 0 aliphatic rings. The van der Waals surface area contributed by atoms with Gasteiger partial charge >= 0.3 is 11.9 Å². The van der Waals surface area contributed by atoms with E-state index in [-0.39, 0.29) is 18.4 Å². The summed E-state index contributed by atoms with van der Waals surface area (Å²) in [5, 5.41) is 0. The topological polar surface area (TPSA) is 69.7 Å². The zero-order valence-electron chi connectivity index (χ0n) is 14.9. The van der Waals surface area contributed by atoms with Crippen LogP contribution in [-0.2, 0) is 23.9 Å². The van der Waals surface area contributed by atoms with Gasteiger partial charge in [-0.2, -0.15) is 0 Å². The molecule has 0 aromatic carbocycles. The molecule has 1 unspecified atom stereocenters. The second kappa shape index (κ2) is 12.9. The number of esters is 2. The van der Waals surface area contributed by atoms with Gasteiger partial charge in [-0.3, -0.25) is 14.4 Å². The Morgan fingerprint density at radius 1 is 0.957 bits per heavy atom. The number of ketones is 1. The van der Waals surface area contributed by atoms with Gasteiger partial charge in [-0.25, -0.2) is 0 Å². The molecule has 5 heteroatoms. The van der Waals surface area contributed by atoms with E-state index in [9.17, 15) is 14.4 Å². The molecule has 5 nitrogen and oxygen atoms in total. The van der Waals surface area contributed by atoms with Gasteiger partial charge in [0.25, 0.3) is 0 Å². The number of carbonyl (C=O) groups is 3. The summed E-state index contributed by atoms with van der Waals surface area (Å²) in [6.07, 6.45) is 4.93. The molecule has 1 atom stereocenters. The molecular formula is C18H30O5. The molecular weight excluding hydrogens is 296 g/mol. The SMILES string of the molecule is CCOC(=O)CCCCC(C(=O)CCC=C(C)C)C(=O)OCC. The van der Waals surface area contributed by atoms with Crippen LogP contribution in [0.2, 0.25) is 0 Å². The van der Waals surface area contributed by atoms with E-state index in [0.717, 1.165) is 5.57 Å². The van der Waals surface area contributed by atoms with Gasteiger partial charge in [0, 0.05) is 12.8 Å². The monoisotopic (exact) mass is 326 g/mol. The first-order valence-corrected chi connectivity index (χ1v) is 8.40. The Hall–Kier alpha value is -1.65. The van der Waals surface area contributed by atoms with Crippen molar-refractivity contribution in [2.45, 2.75) is 66.2 Å². The van der Waals surface area contributed by atoms with Crippen LogP contribution in [-0.4, -0.2) is 30.9 Å².